The predicted octanol–water partition coefficient (Wildman–Crippen LogP) is 4.79. The van der Waals surface area contributed by atoms with Crippen molar-refractivity contribution >= 4 is 33.4 Å². The first kappa shape index (κ1) is 14.4. The van der Waals surface area contributed by atoms with E-state index in [2.05, 4.69) is 41.5 Å². The van der Waals surface area contributed by atoms with Crippen LogP contribution in [0.25, 0.3) is 21.8 Å². The highest BCUT2D eigenvalue weighted by Crippen LogP contribution is 2.29. The van der Waals surface area contributed by atoms with Gasteiger partial charge in [0, 0.05) is 33.6 Å². The van der Waals surface area contributed by atoms with Crippen LogP contribution in [0.15, 0.2) is 48.0 Å². The molecule has 0 radical (unpaired) electrons. The van der Waals surface area contributed by atoms with Crippen LogP contribution in [0.2, 0.25) is 0 Å². The van der Waals surface area contributed by atoms with Crippen LogP contribution in [0.4, 0.5) is 5.69 Å². The van der Waals surface area contributed by atoms with Crippen LogP contribution in [0, 0.1) is 0 Å². The Bertz CT molecular complexity index is 883. The molecular formula is C19H20N2O. The van der Waals surface area contributed by atoms with Gasteiger partial charge >= 0.3 is 0 Å². The molecule has 3 heteroatoms. The fourth-order valence-corrected chi connectivity index (χ4v) is 2.80. The average Bonchev–Trinajstić information content (AvgIpc) is 2.83. The van der Waals surface area contributed by atoms with Crippen molar-refractivity contribution in [3.8, 4) is 0 Å². The minimum Gasteiger partial charge on any atom is -0.354 e. The van der Waals surface area contributed by atoms with Crippen molar-refractivity contribution < 1.29 is 4.79 Å². The Kier molecular flexibility index (Phi) is 3.72. The lowest BCUT2D eigenvalue weighted by atomic mass is 10.1. The molecule has 0 saturated heterocycles. The number of carbonyl (C=O) groups is 1. The molecule has 0 unspecified atom stereocenters. The van der Waals surface area contributed by atoms with Crippen LogP contribution in [0.1, 0.15) is 26.3 Å². The van der Waals surface area contributed by atoms with E-state index < -0.39 is 0 Å². The first-order valence-electron chi connectivity index (χ1n) is 7.57. The van der Waals surface area contributed by atoms with Gasteiger partial charge in [0.25, 0.3) is 0 Å². The molecule has 112 valence electrons. The second-order valence-electron chi connectivity index (χ2n) is 5.79. The first-order valence-corrected chi connectivity index (χ1v) is 7.57. The Balaban J connectivity index is 2.05. The zero-order valence-electron chi connectivity index (χ0n) is 13.2. The molecule has 0 aliphatic carbocycles. The van der Waals surface area contributed by atoms with Crippen molar-refractivity contribution in [2.24, 2.45) is 0 Å². The fraction of sp³-hybridized carbons (Fsp3) is 0.211. The highest BCUT2D eigenvalue weighted by Gasteiger charge is 2.08. The molecule has 22 heavy (non-hydrogen) atoms. The number of fused-ring (bicyclic) bond motifs is 3. The topological polar surface area (TPSA) is 44.9 Å². The van der Waals surface area contributed by atoms with Crippen molar-refractivity contribution in [3.63, 3.8) is 0 Å². The van der Waals surface area contributed by atoms with Gasteiger partial charge in [-0.15, -0.1) is 0 Å². The van der Waals surface area contributed by atoms with Crippen molar-refractivity contribution in [3.05, 3.63) is 53.6 Å². The number of rotatable bonds is 3. The molecule has 1 aromatic heterocycles. The number of amides is 1. The Hall–Kier alpha value is -2.55. The first-order chi connectivity index (χ1) is 10.6. The van der Waals surface area contributed by atoms with E-state index in [4.69, 9.17) is 0 Å². The number of aryl methyl sites for hydroxylation is 1. The molecule has 3 nitrogen and oxygen atoms in total. The van der Waals surface area contributed by atoms with Crippen LogP contribution in [-0.4, -0.2) is 10.9 Å². The number of H-pyrrole nitrogens is 1. The van der Waals surface area contributed by atoms with Gasteiger partial charge in [0.1, 0.15) is 0 Å². The summed E-state index contributed by atoms with van der Waals surface area (Å²) >= 11 is 0. The molecule has 1 heterocycles. The lowest BCUT2D eigenvalue weighted by Gasteiger charge is -2.02. The summed E-state index contributed by atoms with van der Waals surface area (Å²) in [6.45, 7) is 5.98. The largest absolute Gasteiger partial charge is 0.354 e. The molecule has 0 aliphatic heterocycles. The number of para-hydroxylation sites is 1. The zero-order chi connectivity index (χ0) is 15.7. The number of hydrogen-bond acceptors (Lipinski definition) is 1. The smallest absolute Gasteiger partial charge is 0.248 e. The van der Waals surface area contributed by atoms with E-state index in [-0.39, 0.29) is 5.91 Å². The number of aromatic amines is 1. The van der Waals surface area contributed by atoms with Gasteiger partial charge in [-0.05, 0) is 38.0 Å². The summed E-state index contributed by atoms with van der Waals surface area (Å²) in [7, 11) is 0. The maximum absolute atomic E-state index is 11.8. The monoisotopic (exact) mass is 292 g/mol. The lowest BCUT2D eigenvalue weighted by molar-refractivity contribution is -0.111. The van der Waals surface area contributed by atoms with Crippen molar-refractivity contribution in [2.45, 2.75) is 27.2 Å². The van der Waals surface area contributed by atoms with Crippen molar-refractivity contribution in [1.82, 2.24) is 4.98 Å². The van der Waals surface area contributed by atoms with Gasteiger partial charge in [-0.25, -0.2) is 0 Å². The maximum Gasteiger partial charge on any atom is 0.248 e. The minimum absolute atomic E-state index is 0.0929. The van der Waals surface area contributed by atoms with Crippen LogP contribution in [0.5, 0.6) is 0 Å². The number of allylic oxidation sites excluding steroid dienone is 1. The van der Waals surface area contributed by atoms with E-state index in [9.17, 15) is 4.79 Å². The number of hydrogen-bond donors (Lipinski definition) is 2. The zero-order valence-corrected chi connectivity index (χ0v) is 13.2. The van der Waals surface area contributed by atoms with E-state index in [1.807, 2.05) is 26.0 Å². The molecule has 0 fully saturated rings. The normalized spacial score (nSPS) is 10.9. The molecule has 3 aromatic rings. The Labute approximate surface area is 130 Å². The second kappa shape index (κ2) is 5.68. The van der Waals surface area contributed by atoms with Gasteiger partial charge in [-0.3, -0.25) is 4.79 Å². The van der Waals surface area contributed by atoms with Gasteiger partial charge in [0.15, 0.2) is 0 Å². The summed E-state index contributed by atoms with van der Waals surface area (Å²) in [5, 5.41) is 5.32. The molecule has 0 bridgehead atoms. The molecule has 0 saturated carbocycles. The molecule has 3 rings (SSSR count). The Morgan fingerprint density at radius 3 is 2.73 bits per heavy atom. The molecule has 0 atom stereocenters. The number of aromatic nitrogens is 1. The Morgan fingerprint density at radius 2 is 2.00 bits per heavy atom. The number of benzene rings is 2. The van der Waals surface area contributed by atoms with Gasteiger partial charge in [0.2, 0.25) is 5.91 Å². The standard InChI is InChI=1S/C19H20N2O/c1-4-13-6-5-7-16-15-9-8-14(11-17(15)21-19(13)16)20-18(22)10-12(2)3/h5-11,21H,4H2,1-3H3,(H,20,22). The highest BCUT2D eigenvalue weighted by molar-refractivity contribution is 6.10. The third-order valence-electron chi connectivity index (χ3n) is 3.79. The SMILES string of the molecule is CCc1cccc2c1[nH]c1cc(NC(=O)C=C(C)C)ccc12. The summed E-state index contributed by atoms with van der Waals surface area (Å²) in [6, 6.07) is 12.4. The fourth-order valence-electron chi connectivity index (χ4n) is 2.80. The van der Waals surface area contributed by atoms with Crippen molar-refractivity contribution in [2.75, 3.05) is 5.32 Å². The van der Waals surface area contributed by atoms with Crippen LogP contribution in [0.3, 0.4) is 0 Å². The summed E-state index contributed by atoms with van der Waals surface area (Å²) in [6.07, 6.45) is 2.60. The van der Waals surface area contributed by atoms with Crippen LogP contribution in [-0.2, 0) is 11.2 Å². The molecule has 2 N–H and O–H groups in total. The number of anilines is 1. The van der Waals surface area contributed by atoms with Gasteiger partial charge in [-0.2, -0.15) is 0 Å². The summed E-state index contributed by atoms with van der Waals surface area (Å²) in [4.78, 5) is 15.3. The van der Waals surface area contributed by atoms with Crippen LogP contribution >= 0.6 is 0 Å². The van der Waals surface area contributed by atoms with Gasteiger partial charge in [-0.1, -0.05) is 36.8 Å². The van der Waals surface area contributed by atoms with E-state index in [1.54, 1.807) is 6.08 Å². The van der Waals surface area contributed by atoms with Gasteiger partial charge < -0.3 is 10.3 Å². The third kappa shape index (κ3) is 2.62. The average molecular weight is 292 g/mol. The van der Waals surface area contributed by atoms with E-state index in [1.165, 1.54) is 21.9 Å². The van der Waals surface area contributed by atoms with E-state index >= 15 is 0 Å². The van der Waals surface area contributed by atoms with E-state index in [0.717, 1.165) is 23.2 Å². The van der Waals surface area contributed by atoms with E-state index in [0.29, 0.717) is 0 Å². The Morgan fingerprint density at radius 1 is 1.18 bits per heavy atom. The molecule has 2 aromatic carbocycles. The second-order valence-corrected chi connectivity index (χ2v) is 5.79. The lowest BCUT2D eigenvalue weighted by Crippen LogP contribution is -2.08. The molecule has 0 spiro atoms. The van der Waals surface area contributed by atoms with Gasteiger partial charge in [0.05, 0.1) is 0 Å². The summed E-state index contributed by atoms with van der Waals surface area (Å²) in [5.41, 5.74) is 5.33. The number of nitrogens with one attached hydrogen (secondary N) is 2. The molecule has 1 amide bonds. The highest BCUT2D eigenvalue weighted by atomic mass is 16.1. The quantitative estimate of drug-likeness (QED) is 0.670. The summed E-state index contributed by atoms with van der Waals surface area (Å²) in [5.74, 6) is -0.0929. The van der Waals surface area contributed by atoms with Crippen LogP contribution < -0.4 is 5.32 Å². The predicted molar refractivity (Wildman–Crippen MR) is 93.2 cm³/mol. The molecular weight excluding hydrogens is 272 g/mol. The maximum atomic E-state index is 11.8. The number of carbonyl (C=O) groups excluding carboxylic acids is 1. The minimum atomic E-state index is -0.0929. The molecule has 0 aliphatic rings. The third-order valence-corrected chi connectivity index (χ3v) is 3.79. The summed E-state index contributed by atoms with van der Waals surface area (Å²) < 4.78 is 0. The van der Waals surface area contributed by atoms with Crippen molar-refractivity contribution in [1.29, 1.82) is 0 Å².